The van der Waals surface area contributed by atoms with Crippen molar-refractivity contribution in [3.63, 3.8) is 0 Å². The molecule has 0 N–H and O–H groups in total. The van der Waals surface area contributed by atoms with Crippen molar-refractivity contribution >= 4 is 15.9 Å². The molecule has 7 nitrogen and oxygen atoms in total. The van der Waals surface area contributed by atoms with Crippen LogP contribution in [0.15, 0.2) is 15.5 Å². The van der Waals surface area contributed by atoms with Crippen molar-refractivity contribution in [2.75, 3.05) is 41.8 Å². The zero-order chi connectivity index (χ0) is 18.6. The molecule has 0 saturated heterocycles. The number of ether oxygens (including phenoxy) is 5. The topological polar surface area (TPSA) is 68.2 Å². The van der Waals surface area contributed by atoms with E-state index < -0.39 is 11.5 Å². The van der Waals surface area contributed by atoms with E-state index in [1.165, 1.54) is 7.11 Å². The zero-order valence-electron chi connectivity index (χ0n) is 15.3. The van der Waals surface area contributed by atoms with Gasteiger partial charge in [0.25, 0.3) is 0 Å². The van der Waals surface area contributed by atoms with E-state index in [-0.39, 0.29) is 24.1 Å². The van der Waals surface area contributed by atoms with E-state index in [9.17, 15) is 4.79 Å². The van der Waals surface area contributed by atoms with Crippen molar-refractivity contribution in [2.24, 2.45) is 5.41 Å². The van der Waals surface area contributed by atoms with Gasteiger partial charge in [0.05, 0.1) is 23.4 Å². The first-order chi connectivity index (χ1) is 11.9. The minimum absolute atomic E-state index is 0.0943. The smallest absolute Gasteiger partial charge is 0.237 e. The van der Waals surface area contributed by atoms with Crippen LogP contribution >= 0.6 is 15.9 Å². The number of hydrogen-bond acceptors (Lipinski definition) is 6. The average molecular weight is 420 g/mol. The van der Waals surface area contributed by atoms with Crippen LogP contribution in [-0.2, 0) is 25.5 Å². The van der Waals surface area contributed by atoms with Crippen molar-refractivity contribution in [3.8, 4) is 5.75 Å². The van der Waals surface area contributed by atoms with E-state index in [0.717, 1.165) is 0 Å². The molecule has 1 aliphatic heterocycles. The maximum Gasteiger partial charge on any atom is 0.237 e. The zero-order valence-corrected chi connectivity index (χ0v) is 16.9. The van der Waals surface area contributed by atoms with Crippen LogP contribution in [-0.4, -0.2) is 52.5 Å². The van der Waals surface area contributed by atoms with Crippen LogP contribution in [0.2, 0.25) is 0 Å². The molecule has 0 amide bonds. The maximum absolute atomic E-state index is 12.5. The molecule has 0 saturated carbocycles. The van der Waals surface area contributed by atoms with Gasteiger partial charge in [-0.1, -0.05) is 6.92 Å². The van der Waals surface area contributed by atoms with Crippen molar-refractivity contribution in [1.82, 2.24) is 4.57 Å². The van der Waals surface area contributed by atoms with Crippen LogP contribution in [0.3, 0.4) is 0 Å². The van der Waals surface area contributed by atoms with Gasteiger partial charge in [-0.15, -0.1) is 0 Å². The summed E-state index contributed by atoms with van der Waals surface area (Å²) in [5.41, 5.74) is 0.0704. The third-order valence-corrected chi connectivity index (χ3v) is 5.43. The highest BCUT2D eigenvalue weighted by Gasteiger charge is 2.49. The second-order valence-corrected chi connectivity index (χ2v) is 7.16. The number of pyridine rings is 1. The van der Waals surface area contributed by atoms with Gasteiger partial charge >= 0.3 is 0 Å². The second-order valence-electron chi connectivity index (χ2n) is 6.30. The summed E-state index contributed by atoms with van der Waals surface area (Å²) in [7, 11) is 6.40. The Bertz CT molecular complexity index is 649. The van der Waals surface area contributed by atoms with Crippen molar-refractivity contribution in [2.45, 2.75) is 32.1 Å². The summed E-state index contributed by atoms with van der Waals surface area (Å²) < 4.78 is 30.1. The lowest BCUT2D eigenvalue weighted by molar-refractivity contribution is -0.177. The van der Waals surface area contributed by atoms with Crippen LogP contribution in [0.4, 0.5) is 0 Å². The quantitative estimate of drug-likeness (QED) is 0.602. The third kappa shape index (κ3) is 3.78. The SMILES string of the molecule is COCCC1(C)C(OC)Cn2cc(Br)c(=O)c(OC)c2C1OCOC. The summed E-state index contributed by atoms with van der Waals surface area (Å²) in [6, 6.07) is 0. The minimum atomic E-state index is -0.447. The first-order valence-electron chi connectivity index (χ1n) is 8.03. The Morgan fingerprint density at radius 1 is 1.28 bits per heavy atom. The number of hydrogen-bond donors (Lipinski definition) is 0. The molecule has 1 aromatic heterocycles. The predicted octanol–water partition coefficient (Wildman–Crippen LogP) is 2.35. The maximum atomic E-state index is 12.5. The molecule has 142 valence electrons. The molecule has 25 heavy (non-hydrogen) atoms. The lowest BCUT2D eigenvalue weighted by Crippen LogP contribution is -2.49. The molecule has 2 rings (SSSR count). The molecular formula is C17H26BrNO6. The first-order valence-corrected chi connectivity index (χ1v) is 8.83. The third-order valence-electron chi connectivity index (χ3n) is 4.87. The molecule has 0 aliphatic carbocycles. The summed E-state index contributed by atoms with van der Waals surface area (Å²) in [6.07, 6.45) is 1.88. The van der Waals surface area contributed by atoms with E-state index in [4.69, 9.17) is 23.7 Å². The summed E-state index contributed by atoms with van der Waals surface area (Å²) in [6.45, 7) is 3.30. The Hall–Kier alpha value is -0.930. The minimum Gasteiger partial charge on any atom is -0.491 e. The fraction of sp³-hybridized carbons (Fsp3) is 0.706. The fourth-order valence-corrected chi connectivity index (χ4v) is 3.90. The van der Waals surface area contributed by atoms with E-state index >= 15 is 0 Å². The Kier molecular flexibility index (Phi) is 7.04. The van der Waals surface area contributed by atoms with Gasteiger partial charge in [-0.2, -0.15) is 0 Å². The molecule has 8 heteroatoms. The largest absolute Gasteiger partial charge is 0.491 e. The van der Waals surface area contributed by atoms with Gasteiger partial charge in [0, 0.05) is 46.1 Å². The summed E-state index contributed by atoms with van der Waals surface area (Å²) in [5, 5.41) is 0. The molecule has 2 heterocycles. The molecule has 0 fully saturated rings. The molecule has 1 aliphatic rings. The number of nitrogens with zero attached hydrogens (tertiary/aromatic N) is 1. The van der Waals surface area contributed by atoms with E-state index in [1.54, 1.807) is 27.5 Å². The number of methoxy groups -OCH3 is 4. The van der Waals surface area contributed by atoms with Gasteiger partial charge < -0.3 is 28.3 Å². The van der Waals surface area contributed by atoms with E-state index in [2.05, 4.69) is 22.9 Å². The Morgan fingerprint density at radius 3 is 2.56 bits per heavy atom. The number of rotatable bonds is 8. The van der Waals surface area contributed by atoms with E-state index in [0.29, 0.717) is 29.7 Å². The van der Waals surface area contributed by atoms with Crippen LogP contribution in [0.5, 0.6) is 5.75 Å². The van der Waals surface area contributed by atoms with Gasteiger partial charge in [-0.3, -0.25) is 4.79 Å². The lowest BCUT2D eigenvalue weighted by atomic mass is 9.72. The Labute approximate surface area is 156 Å². The van der Waals surface area contributed by atoms with Crippen LogP contribution in [0, 0.1) is 5.41 Å². The van der Waals surface area contributed by atoms with Gasteiger partial charge in [-0.25, -0.2) is 0 Å². The van der Waals surface area contributed by atoms with Crippen LogP contribution in [0.1, 0.15) is 25.1 Å². The van der Waals surface area contributed by atoms with E-state index in [1.807, 2.05) is 4.57 Å². The van der Waals surface area contributed by atoms with Crippen molar-refractivity contribution in [1.29, 1.82) is 0 Å². The molecule has 0 bridgehead atoms. The molecule has 0 radical (unpaired) electrons. The van der Waals surface area contributed by atoms with Crippen LogP contribution < -0.4 is 10.2 Å². The van der Waals surface area contributed by atoms with Crippen molar-refractivity contribution < 1.29 is 23.7 Å². The molecular weight excluding hydrogens is 394 g/mol. The number of halogens is 1. The molecule has 0 spiro atoms. The molecule has 0 aromatic carbocycles. The van der Waals surface area contributed by atoms with Gasteiger partial charge in [0.2, 0.25) is 5.43 Å². The Morgan fingerprint density at radius 2 is 2.00 bits per heavy atom. The first kappa shape index (κ1) is 20.4. The molecule has 1 aromatic rings. The monoisotopic (exact) mass is 419 g/mol. The summed E-state index contributed by atoms with van der Waals surface area (Å²) in [4.78, 5) is 12.5. The lowest BCUT2D eigenvalue weighted by Gasteiger charge is -2.47. The molecule has 3 unspecified atom stereocenters. The highest BCUT2D eigenvalue weighted by Crippen LogP contribution is 2.49. The predicted molar refractivity (Wildman–Crippen MR) is 96.1 cm³/mol. The van der Waals surface area contributed by atoms with Gasteiger partial charge in [-0.05, 0) is 22.4 Å². The summed E-state index contributed by atoms with van der Waals surface area (Å²) >= 11 is 3.31. The van der Waals surface area contributed by atoms with Crippen LogP contribution in [0.25, 0.3) is 0 Å². The molecule has 3 atom stereocenters. The number of fused-ring (bicyclic) bond motifs is 1. The standard InChI is InChI=1S/C17H26BrNO6/c1-17(6-7-21-2)12(23-4)9-19-8-11(18)14(20)15(24-5)13(19)16(17)25-10-22-3/h8,12,16H,6-7,9-10H2,1-5H3. The highest BCUT2D eigenvalue weighted by atomic mass is 79.9. The summed E-state index contributed by atoms with van der Waals surface area (Å²) in [5.74, 6) is 0.272. The Balaban J connectivity index is 2.65. The van der Waals surface area contributed by atoms with Gasteiger partial charge in [0.15, 0.2) is 5.75 Å². The average Bonchev–Trinajstić information content (AvgIpc) is 2.60. The van der Waals surface area contributed by atoms with Crippen molar-refractivity contribution in [3.05, 3.63) is 26.6 Å². The highest BCUT2D eigenvalue weighted by molar-refractivity contribution is 9.10. The second kappa shape index (κ2) is 8.64. The van der Waals surface area contributed by atoms with Gasteiger partial charge in [0.1, 0.15) is 12.9 Å². The normalized spacial score (nSPS) is 25.7. The fourth-order valence-electron chi connectivity index (χ4n) is 3.47. The number of aromatic nitrogens is 1.